The summed E-state index contributed by atoms with van der Waals surface area (Å²) in [4.78, 5) is 5.19. The lowest BCUT2D eigenvalue weighted by Crippen LogP contribution is -2.61. The fraction of sp³-hybridized carbons (Fsp3) is 0.276. The minimum Gasteiger partial charge on any atom is -0.311 e. The summed E-state index contributed by atoms with van der Waals surface area (Å²) < 4.78 is 2.67. The molecule has 0 saturated carbocycles. The topological polar surface area (TPSA) is 6.48 Å². The summed E-state index contributed by atoms with van der Waals surface area (Å²) in [6.07, 6.45) is 0. The summed E-state index contributed by atoms with van der Waals surface area (Å²) in [6.45, 7) is 28.1. The number of hydrogen-bond acceptors (Lipinski definition) is 3. The number of thiophene rings is 1. The third-order valence-corrected chi connectivity index (χ3v) is 14.7. The molecule has 0 amide bonds. The third-order valence-electron chi connectivity index (χ3n) is 13.5. The minimum absolute atomic E-state index is 0.00918. The standard InChI is InChI=1S/C58H59BN2S/c1-55(2,3)37-23-27-41(28-24-37)60-48-30-26-38(56(4,5)6)32-47(48)59-46-29-25-39(57(7,8)9)33-49(46)61(51-35-40(58(10,11)12)34-50(60)53(51)59)42-18-15-17-36(31-42)43-20-16-21-45-44-19-13-14-22-52(44)62-54(43)45/h13-35H,1-12H3. The van der Waals surface area contributed by atoms with Gasteiger partial charge in [0.25, 0.3) is 6.71 Å². The molecule has 2 aliphatic heterocycles. The van der Waals surface area contributed by atoms with Gasteiger partial charge in [0.1, 0.15) is 0 Å². The van der Waals surface area contributed by atoms with Crippen LogP contribution in [0.4, 0.5) is 34.1 Å². The fourth-order valence-electron chi connectivity index (χ4n) is 9.82. The predicted molar refractivity (Wildman–Crippen MR) is 274 cm³/mol. The third kappa shape index (κ3) is 6.60. The summed E-state index contributed by atoms with van der Waals surface area (Å²) in [6, 6.07) is 54.1. The van der Waals surface area contributed by atoms with E-state index in [2.05, 4.69) is 232 Å². The molecule has 0 unspecified atom stereocenters. The van der Waals surface area contributed by atoms with Crippen LogP contribution in [0.5, 0.6) is 0 Å². The van der Waals surface area contributed by atoms with Crippen LogP contribution in [-0.4, -0.2) is 6.71 Å². The van der Waals surface area contributed by atoms with Crippen LogP contribution in [0.2, 0.25) is 0 Å². The molecular weight excluding hydrogens is 768 g/mol. The average Bonchev–Trinajstić information content (AvgIpc) is 3.61. The van der Waals surface area contributed by atoms with Crippen molar-refractivity contribution in [2.24, 2.45) is 0 Å². The van der Waals surface area contributed by atoms with Crippen molar-refractivity contribution in [2.45, 2.75) is 105 Å². The highest BCUT2D eigenvalue weighted by atomic mass is 32.1. The number of hydrogen-bond donors (Lipinski definition) is 0. The molecule has 0 atom stereocenters. The molecule has 0 spiro atoms. The van der Waals surface area contributed by atoms with E-state index in [0.717, 1.165) is 0 Å². The molecule has 2 nitrogen and oxygen atoms in total. The van der Waals surface area contributed by atoms with E-state index in [-0.39, 0.29) is 28.4 Å². The maximum absolute atomic E-state index is 2.61. The number of anilines is 6. The van der Waals surface area contributed by atoms with Crippen LogP contribution in [0.3, 0.4) is 0 Å². The van der Waals surface area contributed by atoms with E-state index >= 15 is 0 Å². The van der Waals surface area contributed by atoms with Gasteiger partial charge in [-0.1, -0.05) is 168 Å². The van der Waals surface area contributed by atoms with E-state index < -0.39 is 0 Å². The number of rotatable bonds is 3. The molecular formula is C58H59BN2S. The molecule has 8 aromatic rings. The highest BCUT2D eigenvalue weighted by molar-refractivity contribution is 7.26. The summed E-state index contributed by atoms with van der Waals surface area (Å²) >= 11 is 1.90. The second kappa shape index (κ2) is 14.0. The van der Waals surface area contributed by atoms with E-state index in [0.29, 0.717) is 0 Å². The number of fused-ring (bicyclic) bond motifs is 7. The smallest absolute Gasteiger partial charge is 0.252 e. The molecule has 2 aliphatic rings. The van der Waals surface area contributed by atoms with Crippen LogP contribution in [0.1, 0.15) is 105 Å². The SMILES string of the molecule is CC(C)(C)c1ccc(N2c3ccc(C(C)(C)C)cc3B3c4ccc(C(C)(C)C)cc4N(c4cccc(-c5cccc6c5sc5ccccc56)c4)c4cc(C(C)(C)C)cc2c43)cc1. The Kier molecular flexibility index (Phi) is 9.12. The number of benzene rings is 7. The van der Waals surface area contributed by atoms with Crippen LogP contribution in [-0.2, 0) is 21.7 Å². The molecule has 0 bridgehead atoms. The van der Waals surface area contributed by atoms with Crippen molar-refractivity contribution in [1.29, 1.82) is 0 Å². The van der Waals surface area contributed by atoms with Gasteiger partial charge in [0.15, 0.2) is 0 Å². The summed E-state index contributed by atoms with van der Waals surface area (Å²) in [7, 11) is 0. The molecule has 62 heavy (non-hydrogen) atoms. The van der Waals surface area contributed by atoms with Crippen LogP contribution in [0.25, 0.3) is 31.3 Å². The van der Waals surface area contributed by atoms with Gasteiger partial charge in [-0.05, 0) is 126 Å². The Morgan fingerprint density at radius 3 is 1.65 bits per heavy atom. The normalized spacial score (nSPS) is 14.0. The van der Waals surface area contributed by atoms with Crippen molar-refractivity contribution >= 4 is 88.7 Å². The van der Waals surface area contributed by atoms with Gasteiger partial charge in [-0.25, -0.2) is 0 Å². The highest BCUT2D eigenvalue weighted by Crippen LogP contribution is 2.48. The van der Waals surface area contributed by atoms with E-state index in [1.54, 1.807) is 0 Å². The zero-order valence-corrected chi connectivity index (χ0v) is 39.5. The maximum atomic E-state index is 2.61. The first-order chi connectivity index (χ1) is 29.3. The van der Waals surface area contributed by atoms with Gasteiger partial charge in [0, 0.05) is 54.3 Å². The molecule has 0 fully saturated rings. The van der Waals surface area contributed by atoms with E-state index in [1.165, 1.54) is 104 Å². The quantitative estimate of drug-likeness (QED) is 0.164. The Morgan fingerprint density at radius 2 is 0.968 bits per heavy atom. The first-order valence-electron chi connectivity index (χ1n) is 22.5. The Morgan fingerprint density at radius 1 is 0.403 bits per heavy atom. The van der Waals surface area contributed by atoms with Crippen molar-refractivity contribution in [3.63, 3.8) is 0 Å². The maximum Gasteiger partial charge on any atom is 0.252 e. The average molecular weight is 827 g/mol. The van der Waals surface area contributed by atoms with Crippen LogP contribution in [0.15, 0.2) is 140 Å². The van der Waals surface area contributed by atoms with Crippen LogP contribution >= 0.6 is 11.3 Å². The first-order valence-corrected chi connectivity index (χ1v) is 23.3. The molecule has 7 aromatic carbocycles. The van der Waals surface area contributed by atoms with Gasteiger partial charge in [0.05, 0.1) is 0 Å². The lowest BCUT2D eigenvalue weighted by atomic mass is 9.33. The monoisotopic (exact) mass is 826 g/mol. The Hall–Kier alpha value is -5.58. The molecule has 1 aromatic heterocycles. The largest absolute Gasteiger partial charge is 0.311 e. The fourth-order valence-corrected chi connectivity index (χ4v) is 11.1. The van der Waals surface area contributed by atoms with E-state index in [9.17, 15) is 0 Å². The summed E-state index contributed by atoms with van der Waals surface area (Å²) in [5, 5.41) is 2.65. The molecule has 4 heteroatoms. The van der Waals surface area contributed by atoms with Gasteiger partial charge >= 0.3 is 0 Å². The molecule has 310 valence electrons. The van der Waals surface area contributed by atoms with Crippen molar-refractivity contribution in [2.75, 3.05) is 9.80 Å². The van der Waals surface area contributed by atoms with Crippen molar-refractivity contribution in [3.8, 4) is 11.1 Å². The van der Waals surface area contributed by atoms with Crippen molar-refractivity contribution in [1.82, 2.24) is 0 Å². The lowest BCUT2D eigenvalue weighted by Gasteiger charge is -2.45. The molecule has 0 saturated heterocycles. The van der Waals surface area contributed by atoms with Gasteiger partial charge < -0.3 is 9.80 Å². The van der Waals surface area contributed by atoms with Gasteiger partial charge in [-0.15, -0.1) is 11.3 Å². The minimum atomic E-state index is -0.100. The van der Waals surface area contributed by atoms with E-state index in [4.69, 9.17) is 0 Å². The zero-order valence-electron chi connectivity index (χ0n) is 38.7. The van der Waals surface area contributed by atoms with Gasteiger partial charge in [0.2, 0.25) is 0 Å². The Bertz CT molecular complexity index is 3070. The lowest BCUT2D eigenvalue weighted by molar-refractivity contribution is 0.589. The summed E-state index contributed by atoms with van der Waals surface area (Å²) in [5.74, 6) is 0. The highest BCUT2D eigenvalue weighted by Gasteiger charge is 2.45. The zero-order chi connectivity index (χ0) is 43.7. The first kappa shape index (κ1) is 40.5. The van der Waals surface area contributed by atoms with Crippen molar-refractivity contribution in [3.05, 3.63) is 162 Å². The molecule has 0 N–H and O–H groups in total. The van der Waals surface area contributed by atoms with Crippen molar-refractivity contribution < 1.29 is 0 Å². The van der Waals surface area contributed by atoms with Gasteiger partial charge in [-0.3, -0.25) is 0 Å². The van der Waals surface area contributed by atoms with Crippen LogP contribution in [0, 0.1) is 0 Å². The predicted octanol–water partition coefficient (Wildman–Crippen LogP) is 15.0. The molecule has 10 rings (SSSR count). The molecule has 0 aliphatic carbocycles. The Balaban J connectivity index is 1.28. The summed E-state index contributed by atoms with van der Waals surface area (Å²) in [5.41, 5.74) is 19.3. The second-order valence-corrected chi connectivity index (χ2v) is 23.0. The Labute approximate surface area is 374 Å². The second-order valence-electron chi connectivity index (χ2n) is 22.0. The van der Waals surface area contributed by atoms with Gasteiger partial charge in [-0.2, -0.15) is 0 Å². The van der Waals surface area contributed by atoms with Crippen LogP contribution < -0.4 is 26.2 Å². The van der Waals surface area contributed by atoms with E-state index in [1.807, 2.05) is 11.3 Å². The number of nitrogens with zero attached hydrogens (tertiary/aromatic N) is 2. The molecule has 0 radical (unpaired) electrons. The molecule has 3 heterocycles.